The van der Waals surface area contributed by atoms with E-state index in [2.05, 4.69) is 25.2 Å². The third-order valence-electron chi connectivity index (χ3n) is 5.60. The highest BCUT2D eigenvalue weighted by atomic mass is 35.5. The minimum absolute atomic E-state index is 0.107. The minimum atomic E-state index is -0.979. The number of carboxylic acid groups (broad SMARTS) is 1. The molecule has 1 saturated heterocycles. The molecule has 0 aliphatic carbocycles. The van der Waals surface area contributed by atoms with Crippen LogP contribution in [0.1, 0.15) is 44.3 Å². The lowest BCUT2D eigenvalue weighted by atomic mass is 9.96. The Morgan fingerprint density at radius 1 is 1.26 bits per heavy atom. The van der Waals surface area contributed by atoms with E-state index < -0.39 is 6.09 Å². The highest BCUT2D eigenvalue weighted by Gasteiger charge is 2.26. The van der Waals surface area contributed by atoms with Crippen molar-refractivity contribution in [3.63, 3.8) is 0 Å². The van der Waals surface area contributed by atoms with Crippen LogP contribution in [0.5, 0.6) is 0 Å². The summed E-state index contributed by atoms with van der Waals surface area (Å²) >= 11 is 6.19. The van der Waals surface area contributed by atoms with Crippen LogP contribution in [-0.4, -0.2) is 56.1 Å². The summed E-state index contributed by atoms with van der Waals surface area (Å²) in [4.78, 5) is 19.6. The highest BCUT2D eigenvalue weighted by molar-refractivity contribution is 6.34. The number of piperidine rings is 1. The van der Waals surface area contributed by atoms with Gasteiger partial charge < -0.3 is 19.4 Å². The minimum Gasteiger partial charge on any atom is -0.465 e. The van der Waals surface area contributed by atoms with Crippen LogP contribution in [0.3, 0.4) is 0 Å². The molecule has 0 bridgehead atoms. The molecule has 1 amide bonds. The van der Waals surface area contributed by atoms with E-state index in [0.717, 1.165) is 42.5 Å². The van der Waals surface area contributed by atoms with E-state index in [1.54, 1.807) is 0 Å². The smallest absolute Gasteiger partial charge is 0.407 e. The van der Waals surface area contributed by atoms with Gasteiger partial charge in [0.25, 0.3) is 0 Å². The SMILES string of the molecule is CC(C)c1nc(CN(CC2CCN(c3nnc(Cl)c4ccccc34)CC2)C(=O)O)no1. The molecule has 0 saturated carbocycles. The molecule has 0 radical (unpaired) electrons. The summed E-state index contributed by atoms with van der Waals surface area (Å²) in [5.74, 6) is 2.09. The standard InChI is InChI=1S/C21H25ClN6O3/c1-13(2)20-23-17(26-31-20)12-28(21(29)30)11-14-7-9-27(10-8-14)19-16-6-4-3-5-15(16)18(22)24-25-19/h3-6,13-14H,7-12H2,1-2H3,(H,29,30). The molecule has 1 aromatic carbocycles. The summed E-state index contributed by atoms with van der Waals surface area (Å²) in [5.41, 5.74) is 0. The maximum Gasteiger partial charge on any atom is 0.407 e. The number of benzene rings is 1. The topological polar surface area (TPSA) is 108 Å². The van der Waals surface area contributed by atoms with Gasteiger partial charge in [-0.1, -0.05) is 54.9 Å². The lowest BCUT2D eigenvalue weighted by molar-refractivity contribution is 0.128. The van der Waals surface area contributed by atoms with Crippen molar-refractivity contribution in [1.29, 1.82) is 0 Å². The number of halogens is 1. The maximum atomic E-state index is 11.8. The molecule has 4 rings (SSSR count). The van der Waals surface area contributed by atoms with Crippen molar-refractivity contribution in [3.8, 4) is 0 Å². The Morgan fingerprint density at radius 3 is 2.61 bits per heavy atom. The molecule has 31 heavy (non-hydrogen) atoms. The number of hydrogen-bond donors (Lipinski definition) is 1. The molecule has 1 aliphatic rings. The molecular formula is C21H25ClN6O3. The molecule has 0 unspecified atom stereocenters. The summed E-state index contributed by atoms with van der Waals surface area (Å²) in [5, 5.41) is 24.3. The fourth-order valence-corrected chi connectivity index (χ4v) is 4.08. The second-order valence-electron chi connectivity index (χ2n) is 8.16. The van der Waals surface area contributed by atoms with E-state index in [4.69, 9.17) is 16.1 Å². The third kappa shape index (κ3) is 4.71. The first-order valence-corrected chi connectivity index (χ1v) is 10.8. The van der Waals surface area contributed by atoms with Gasteiger partial charge in [0.15, 0.2) is 16.8 Å². The highest BCUT2D eigenvalue weighted by Crippen LogP contribution is 2.31. The van der Waals surface area contributed by atoms with Gasteiger partial charge in [-0.05, 0) is 18.8 Å². The van der Waals surface area contributed by atoms with E-state index in [-0.39, 0.29) is 18.4 Å². The first-order chi connectivity index (χ1) is 14.9. The monoisotopic (exact) mass is 444 g/mol. The van der Waals surface area contributed by atoms with Crippen LogP contribution in [0.4, 0.5) is 10.6 Å². The molecule has 9 nitrogen and oxygen atoms in total. The van der Waals surface area contributed by atoms with Gasteiger partial charge in [-0.25, -0.2) is 4.79 Å². The van der Waals surface area contributed by atoms with Crippen LogP contribution in [-0.2, 0) is 6.54 Å². The number of rotatable bonds is 6. The van der Waals surface area contributed by atoms with Crippen LogP contribution >= 0.6 is 11.6 Å². The zero-order valence-corrected chi connectivity index (χ0v) is 18.3. The van der Waals surface area contributed by atoms with Gasteiger partial charge in [0.1, 0.15) is 0 Å². The molecule has 0 spiro atoms. The van der Waals surface area contributed by atoms with Gasteiger partial charge in [-0.15, -0.1) is 10.2 Å². The lowest BCUT2D eigenvalue weighted by Crippen LogP contribution is -2.40. The van der Waals surface area contributed by atoms with Gasteiger partial charge in [0.2, 0.25) is 5.89 Å². The van der Waals surface area contributed by atoms with Crippen LogP contribution in [0.25, 0.3) is 10.8 Å². The number of nitrogens with zero attached hydrogens (tertiary/aromatic N) is 6. The summed E-state index contributed by atoms with van der Waals surface area (Å²) in [6.45, 7) is 6.01. The Kier molecular flexibility index (Phi) is 6.22. The first-order valence-electron chi connectivity index (χ1n) is 10.4. The van der Waals surface area contributed by atoms with Crippen molar-refractivity contribution in [2.24, 2.45) is 5.92 Å². The van der Waals surface area contributed by atoms with Crippen LogP contribution in [0.15, 0.2) is 28.8 Å². The van der Waals surface area contributed by atoms with Crippen molar-refractivity contribution in [2.75, 3.05) is 24.5 Å². The quantitative estimate of drug-likeness (QED) is 0.602. The Balaban J connectivity index is 1.40. The molecule has 0 atom stereocenters. The molecule has 3 aromatic rings. The summed E-state index contributed by atoms with van der Waals surface area (Å²) in [6.07, 6.45) is 0.727. The van der Waals surface area contributed by atoms with E-state index in [1.165, 1.54) is 4.90 Å². The van der Waals surface area contributed by atoms with Gasteiger partial charge in [0.05, 0.1) is 6.54 Å². The van der Waals surface area contributed by atoms with Crippen LogP contribution in [0, 0.1) is 5.92 Å². The van der Waals surface area contributed by atoms with Crippen molar-refractivity contribution < 1.29 is 14.4 Å². The fraction of sp³-hybridized carbons (Fsp3) is 0.476. The molecule has 2 aromatic heterocycles. The predicted octanol–water partition coefficient (Wildman–Crippen LogP) is 4.19. The fourth-order valence-electron chi connectivity index (χ4n) is 3.88. The molecule has 1 aliphatic heterocycles. The zero-order valence-electron chi connectivity index (χ0n) is 17.5. The van der Waals surface area contributed by atoms with Gasteiger partial charge in [0, 0.05) is 36.3 Å². The van der Waals surface area contributed by atoms with E-state index in [0.29, 0.717) is 23.4 Å². The average Bonchev–Trinajstić information content (AvgIpc) is 3.23. The van der Waals surface area contributed by atoms with Crippen molar-refractivity contribution in [3.05, 3.63) is 41.1 Å². The van der Waals surface area contributed by atoms with Crippen LogP contribution < -0.4 is 4.90 Å². The number of aromatic nitrogens is 4. The molecule has 1 N–H and O–H groups in total. The Bertz CT molecular complexity index is 1060. The number of anilines is 1. The second kappa shape index (κ2) is 9.05. The third-order valence-corrected chi connectivity index (χ3v) is 5.88. The van der Waals surface area contributed by atoms with Gasteiger partial charge >= 0.3 is 6.09 Å². The van der Waals surface area contributed by atoms with E-state index >= 15 is 0 Å². The van der Waals surface area contributed by atoms with Crippen molar-refractivity contribution in [2.45, 2.75) is 39.2 Å². The van der Waals surface area contributed by atoms with Crippen LogP contribution in [0.2, 0.25) is 5.15 Å². The van der Waals surface area contributed by atoms with Gasteiger partial charge in [-0.3, -0.25) is 0 Å². The lowest BCUT2D eigenvalue weighted by Gasteiger charge is -2.34. The predicted molar refractivity (Wildman–Crippen MR) is 116 cm³/mol. The largest absolute Gasteiger partial charge is 0.465 e. The van der Waals surface area contributed by atoms with E-state index in [9.17, 15) is 9.90 Å². The van der Waals surface area contributed by atoms with E-state index in [1.807, 2.05) is 38.1 Å². The molecule has 3 heterocycles. The first kappa shape index (κ1) is 21.3. The summed E-state index contributed by atoms with van der Waals surface area (Å²) in [6, 6.07) is 7.83. The molecule has 164 valence electrons. The summed E-state index contributed by atoms with van der Waals surface area (Å²) < 4.78 is 5.19. The van der Waals surface area contributed by atoms with Gasteiger partial charge in [-0.2, -0.15) is 4.98 Å². The Labute approximate surface area is 185 Å². The summed E-state index contributed by atoms with van der Waals surface area (Å²) in [7, 11) is 0. The van der Waals surface area contributed by atoms with Crippen molar-refractivity contribution in [1.82, 2.24) is 25.2 Å². The molecular weight excluding hydrogens is 420 g/mol. The number of hydrogen-bond acceptors (Lipinski definition) is 7. The number of carbonyl (C=O) groups is 1. The Hall–Kier alpha value is -2.94. The average molecular weight is 445 g/mol. The number of fused-ring (bicyclic) bond motifs is 1. The van der Waals surface area contributed by atoms with Crippen molar-refractivity contribution >= 4 is 34.3 Å². The second-order valence-corrected chi connectivity index (χ2v) is 8.52. The molecule has 1 fully saturated rings. The maximum absolute atomic E-state index is 11.8. The Morgan fingerprint density at radius 2 is 1.97 bits per heavy atom. The number of amides is 1. The molecule has 10 heteroatoms. The zero-order chi connectivity index (χ0) is 22.0. The normalized spacial score (nSPS) is 15.0.